The Hall–Kier alpha value is -2.93. The number of methoxy groups -OCH3 is 1. The molecule has 0 unspecified atom stereocenters. The van der Waals surface area contributed by atoms with E-state index in [1.54, 1.807) is 42.2 Å². The number of phenolic OH excluding ortho intramolecular Hbond substituents is 1. The van der Waals surface area contributed by atoms with Gasteiger partial charge in [-0.1, -0.05) is 23.9 Å². The van der Waals surface area contributed by atoms with Gasteiger partial charge in [0, 0.05) is 30.2 Å². The molecule has 0 aliphatic heterocycles. The summed E-state index contributed by atoms with van der Waals surface area (Å²) < 4.78 is 7.02. The van der Waals surface area contributed by atoms with E-state index >= 15 is 0 Å². The average Bonchev–Trinajstić information content (AvgIpc) is 3.16. The summed E-state index contributed by atoms with van der Waals surface area (Å²) >= 11 is 1.54. The zero-order valence-corrected chi connectivity index (χ0v) is 15.3. The van der Waals surface area contributed by atoms with Crippen LogP contribution >= 0.6 is 11.8 Å². The van der Waals surface area contributed by atoms with E-state index < -0.39 is 0 Å². The maximum absolute atomic E-state index is 12.5. The molecule has 1 heterocycles. The standard InChI is InChI=1S/C19H19N3O3S/c1-25-17-10-13(6-7-16(17)23)12-21-18(24)14-4-3-5-15(11-14)22-9-8-20-19(22)26-2/h3-11,23H,12H2,1-2H3,(H,21,24). The van der Waals surface area contributed by atoms with Gasteiger partial charge in [-0.15, -0.1) is 0 Å². The molecule has 3 rings (SSSR count). The van der Waals surface area contributed by atoms with Crippen molar-refractivity contribution >= 4 is 17.7 Å². The number of rotatable bonds is 6. The van der Waals surface area contributed by atoms with Gasteiger partial charge in [0.2, 0.25) is 0 Å². The van der Waals surface area contributed by atoms with E-state index in [0.717, 1.165) is 16.4 Å². The highest BCUT2D eigenvalue weighted by Gasteiger charge is 2.10. The highest BCUT2D eigenvalue weighted by Crippen LogP contribution is 2.26. The smallest absolute Gasteiger partial charge is 0.251 e. The minimum atomic E-state index is -0.176. The number of aromatic nitrogens is 2. The van der Waals surface area contributed by atoms with E-state index in [2.05, 4.69) is 10.3 Å². The Bertz CT molecular complexity index is 924. The number of aromatic hydroxyl groups is 1. The number of phenols is 1. The quantitative estimate of drug-likeness (QED) is 0.653. The number of benzene rings is 2. The molecule has 7 heteroatoms. The molecule has 2 N–H and O–H groups in total. The van der Waals surface area contributed by atoms with Crippen LogP contribution in [0.4, 0.5) is 0 Å². The van der Waals surface area contributed by atoms with Crippen LogP contribution in [0.3, 0.4) is 0 Å². The molecule has 1 aromatic heterocycles. The number of imidazole rings is 1. The summed E-state index contributed by atoms with van der Waals surface area (Å²) in [7, 11) is 1.49. The largest absolute Gasteiger partial charge is 0.504 e. The second kappa shape index (κ2) is 7.97. The van der Waals surface area contributed by atoms with Crippen LogP contribution in [0.2, 0.25) is 0 Å². The molecule has 0 radical (unpaired) electrons. The fourth-order valence-electron chi connectivity index (χ4n) is 2.55. The molecule has 0 aliphatic rings. The molecular weight excluding hydrogens is 350 g/mol. The SMILES string of the molecule is COc1cc(CNC(=O)c2cccc(-n3ccnc3SC)c2)ccc1O. The Morgan fingerprint density at radius 1 is 1.31 bits per heavy atom. The first-order chi connectivity index (χ1) is 12.6. The third-order valence-corrected chi connectivity index (χ3v) is 4.54. The van der Waals surface area contributed by atoms with Crippen LogP contribution < -0.4 is 10.1 Å². The monoisotopic (exact) mass is 369 g/mol. The summed E-state index contributed by atoms with van der Waals surface area (Å²) in [5.41, 5.74) is 2.28. The molecule has 0 atom stereocenters. The van der Waals surface area contributed by atoms with Crippen molar-refractivity contribution in [2.24, 2.45) is 0 Å². The first-order valence-corrected chi connectivity index (χ1v) is 9.16. The second-order valence-corrected chi connectivity index (χ2v) is 6.30. The van der Waals surface area contributed by atoms with E-state index in [-0.39, 0.29) is 11.7 Å². The van der Waals surface area contributed by atoms with Gasteiger partial charge >= 0.3 is 0 Å². The molecule has 0 saturated carbocycles. The molecule has 3 aromatic rings. The zero-order chi connectivity index (χ0) is 18.5. The van der Waals surface area contributed by atoms with Crippen LogP contribution in [0, 0.1) is 0 Å². The van der Waals surface area contributed by atoms with Gasteiger partial charge < -0.3 is 15.2 Å². The molecule has 0 aliphatic carbocycles. The summed E-state index contributed by atoms with van der Waals surface area (Å²) in [6.45, 7) is 0.334. The van der Waals surface area contributed by atoms with Crippen molar-refractivity contribution in [3.05, 3.63) is 66.0 Å². The number of carbonyl (C=O) groups excluding carboxylic acids is 1. The van der Waals surface area contributed by atoms with Crippen LogP contribution in [0.25, 0.3) is 5.69 Å². The molecule has 0 saturated heterocycles. The zero-order valence-electron chi connectivity index (χ0n) is 14.5. The lowest BCUT2D eigenvalue weighted by atomic mass is 10.1. The number of hydrogen-bond donors (Lipinski definition) is 2. The lowest BCUT2D eigenvalue weighted by molar-refractivity contribution is 0.0951. The van der Waals surface area contributed by atoms with Crippen LogP contribution in [0.5, 0.6) is 11.5 Å². The third-order valence-electron chi connectivity index (χ3n) is 3.87. The number of nitrogens with zero attached hydrogens (tertiary/aromatic N) is 2. The Balaban J connectivity index is 1.73. The summed E-state index contributed by atoms with van der Waals surface area (Å²) in [5.74, 6) is 0.272. The Labute approximate surface area is 155 Å². The maximum atomic E-state index is 12.5. The van der Waals surface area contributed by atoms with E-state index in [4.69, 9.17) is 4.74 Å². The maximum Gasteiger partial charge on any atom is 0.251 e. The summed E-state index contributed by atoms with van der Waals surface area (Å²) in [6.07, 6.45) is 5.56. The van der Waals surface area contributed by atoms with Crippen LogP contribution in [-0.2, 0) is 6.54 Å². The number of hydrogen-bond acceptors (Lipinski definition) is 5. The van der Waals surface area contributed by atoms with Gasteiger partial charge in [-0.3, -0.25) is 9.36 Å². The molecule has 26 heavy (non-hydrogen) atoms. The Kier molecular flexibility index (Phi) is 5.48. The number of nitrogens with one attached hydrogen (secondary N) is 1. The van der Waals surface area contributed by atoms with E-state index in [1.165, 1.54) is 7.11 Å². The molecule has 0 spiro atoms. The van der Waals surface area contributed by atoms with Gasteiger partial charge in [-0.25, -0.2) is 4.98 Å². The number of ether oxygens (including phenoxy) is 1. The molecule has 1 amide bonds. The predicted octanol–water partition coefficient (Wildman–Crippen LogP) is 3.24. The predicted molar refractivity (Wildman–Crippen MR) is 101 cm³/mol. The second-order valence-electron chi connectivity index (χ2n) is 5.52. The molecule has 6 nitrogen and oxygen atoms in total. The van der Waals surface area contributed by atoms with Gasteiger partial charge in [0.05, 0.1) is 7.11 Å². The van der Waals surface area contributed by atoms with Gasteiger partial charge in [-0.05, 0) is 42.2 Å². The number of amides is 1. The molecular formula is C19H19N3O3S. The number of carbonyl (C=O) groups is 1. The van der Waals surface area contributed by atoms with Crippen molar-refractivity contribution in [2.45, 2.75) is 11.7 Å². The van der Waals surface area contributed by atoms with Crippen molar-refractivity contribution < 1.29 is 14.6 Å². The van der Waals surface area contributed by atoms with E-state index in [9.17, 15) is 9.90 Å². The first kappa shape index (κ1) is 17.9. The van der Waals surface area contributed by atoms with Crippen molar-refractivity contribution in [3.63, 3.8) is 0 Å². The van der Waals surface area contributed by atoms with Gasteiger partial charge in [0.15, 0.2) is 16.7 Å². The molecule has 2 aromatic carbocycles. The van der Waals surface area contributed by atoms with Crippen molar-refractivity contribution in [2.75, 3.05) is 13.4 Å². The lowest BCUT2D eigenvalue weighted by Crippen LogP contribution is -2.22. The third kappa shape index (κ3) is 3.83. The Morgan fingerprint density at radius 3 is 2.92 bits per heavy atom. The Morgan fingerprint density at radius 2 is 2.15 bits per heavy atom. The van der Waals surface area contributed by atoms with Gasteiger partial charge in [-0.2, -0.15) is 0 Å². The summed E-state index contributed by atoms with van der Waals surface area (Å²) in [4.78, 5) is 16.8. The normalized spacial score (nSPS) is 10.5. The van der Waals surface area contributed by atoms with Crippen LogP contribution in [0.15, 0.2) is 60.0 Å². The topological polar surface area (TPSA) is 76.4 Å². The van der Waals surface area contributed by atoms with Gasteiger partial charge in [0.25, 0.3) is 5.91 Å². The van der Waals surface area contributed by atoms with Crippen LogP contribution in [-0.4, -0.2) is 33.9 Å². The average molecular weight is 369 g/mol. The van der Waals surface area contributed by atoms with E-state index in [1.807, 2.05) is 35.2 Å². The van der Waals surface area contributed by atoms with E-state index in [0.29, 0.717) is 17.9 Å². The van der Waals surface area contributed by atoms with Crippen molar-refractivity contribution in [3.8, 4) is 17.2 Å². The molecule has 0 bridgehead atoms. The van der Waals surface area contributed by atoms with Crippen molar-refractivity contribution in [1.29, 1.82) is 0 Å². The summed E-state index contributed by atoms with van der Waals surface area (Å²) in [6, 6.07) is 12.4. The minimum Gasteiger partial charge on any atom is -0.504 e. The highest BCUT2D eigenvalue weighted by atomic mass is 32.2. The molecule has 0 fully saturated rings. The first-order valence-electron chi connectivity index (χ1n) is 7.94. The lowest BCUT2D eigenvalue weighted by Gasteiger charge is -2.10. The minimum absolute atomic E-state index is 0.0696. The highest BCUT2D eigenvalue weighted by molar-refractivity contribution is 7.98. The molecule has 134 valence electrons. The number of thioether (sulfide) groups is 1. The summed E-state index contributed by atoms with van der Waals surface area (Å²) in [5, 5.41) is 13.4. The van der Waals surface area contributed by atoms with Crippen molar-refractivity contribution in [1.82, 2.24) is 14.9 Å². The van der Waals surface area contributed by atoms with Crippen LogP contribution in [0.1, 0.15) is 15.9 Å². The fraction of sp³-hybridized carbons (Fsp3) is 0.158. The van der Waals surface area contributed by atoms with Gasteiger partial charge in [0.1, 0.15) is 0 Å². The fourth-order valence-corrected chi connectivity index (χ4v) is 3.08.